The first kappa shape index (κ1) is 26.2. The van der Waals surface area contributed by atoms with Crippen molar-refractivity contribution in [3.8, 4) is 11.5 Å². The van der Waals surface area contributed by atoms with Gasteiger partial charge >= 0.3 is 5.97 Å². The third kappa shape index (κ3) is 6.57. The highest BCUT2D eigenvalue weighted by Crippen LogP contribution is 2.36. The van der Waals surface area contributed by atoms with Crippen LogP contribution in [-0.2, 0) is 19.6 Å². The van der Waals surface area contributed by atoms with E-state index in [0.29, 0.717) is 26.2 Å². The van der Waals surface area contributed by atoms with Crippen LogP contribution in [0.15, 0.2) is 41.3 Å². The van der Waals surface area contributed by atoms with E-state index in [0.717, 1.165) is 12.1 Å². The number of sulfonamides is 1. The molecule has 0 spiro atoms. The monoisotopic (exact) mass is 531 g/mol. The second kappa shape index (κ2) is 11.3. The van der Waals surface area contributed by atoms with E-state index in [1.165, 1.54) is 28.6 Å². The van der Waals surface area contributed by atoms with Crippen LogP contribution in [0.5, 0.6) is 11.5 Å². The lowest BCUT2D eigenvalue weighted by Crippen LogP contribution is -2.49. The number of piperazine rings is 1. The Morgan fingerprint density at radius 3 is 2.32 bits per heavy atom. The number of ether oxygens (including phenoxy) is 2. The fourth-order valence-electron chi connectivity index (χ4n) is 3.43. The van der Waals surface area contributed by atoms with Crippen molar-refractivity contribution in [1.29, 1.82) is 0 Å². The maximum atomic E-state index is 13.4. The van der Waals surface area contributed by atoms with Crippen molar-refractivity contribution in [3.63, 3.8) is 0 Å². The molecule has 0 aliphatic carbocycles. The van der Waals surface area contributed by atoms with Crippen LogP contribution in [0, 0.1) is 10.1 Å². The molecule has 2 aromatic rings. The molecule has 10 nitrogen and oxygen atoms in total. The van der Waals surface area contributed by atoms with Gasteiger partial charge in [0.1, 0.15) is 16.4 Å². The van der Waals surface area contributed by atoms with Gasteiger partial charge in [0.25, 0.3) is 5.69 Å². The molecule has 0 saturated carbocycles. The number of benzene rings is 2. The maximum absolute atomic E-state index is 13.4. The summed E-state index contributed by atoms with van der Waals surface area (Å²) in [7, 11) is -4.13. The van der Waals surface area contributed by atoms with Crippen LogP contribution in [0.2, 0.25) is 10.0 Å². The van der Waals surface area contributed by atoms with Gasteiger partial charge in [-0.3, -0.25) is 14.9 Å². The second-order valence-electron chi connectivity index (χ2n) is 7.40. The Morgan fingerprint density at radius 1 is 1.09 bits per heavy atom. The second-order valence-corrected chi connectivity index (χ2v) is 10.2. The van der Waals surface area contributed by atoms with Gasteiger partial charge in [-0.15, -0.1) is 0 Å². The van der Waals surface area contributed by atoms with Crippen molar-refractivity contribution in [2.45, 2.75) is 18.2 Å². The van der Waals surface area contributed by atoms with Crippen molar-refractivity contribution < 1.29 is 27.6 Å². The predicted octanol–water partition coefficient (Wildman–Crippen LogP) is 3.95. The summed E-state index contributed by atoms with van der Waals surface area (Å²) in [6, 6.07) is 7.76. The third-order valence-electron chi connectivity index (χ3n) is 5.09. The van der Waals surface area contributed by atoms with Gasteiger partial charge in [-0.2, -0.15) is 4.31 Å². The molecule has 0 atom stereocenters. The van der Waals surface area contributed by atoms with Crippen molar-refractivity contribution >= 4 is 44.9 Å². The lowest BCUT2D eigenvalue weighted by atomic mass is 10.3. The molecule has 0 N–H and O–H groups in total. The molecule has 0 unspecified atom stereocenters. The molecule has 184 valence electrons. The number of carbonyl (C=O) groups is 1. The van der Waals surface area contributed by atoms with Crippen LogP contribution in [0.1, 0.15) is 13.3 Å². The van der Waals surface area contributed by atoms with Crippen LogP contribution >= 0.6 is 23.2 Å². The van der Waals surface area contributed by atoms with E-state index >= 15 is 0 Å². The maximum Gasteiger partial charge on any atom is 0.307 e. The number of esters is 1. The summed E-state index contributed by atoms with van der Waals surface area (Å²) in [6.07, 6.45) is 0.214. The minimum absolute atomic E-state index is 0.0892. The van der Waals surface area contributed by atoms with Gasteiger partial charge in [-0.05, 0) is 31.2 Å². The van der Waals surface area contributed by atoms with Crippen molar-refractivity contribution in [3.05, 3.63) is 56.6 Å². The van der Waals surface area contributed by atoms with Gasteiger partial charge < -0.3 is 14.4 Å². The van der Waals surface area contributed by atoms with Crippen LogP contribution in [0.3, 0.4) is 0 Å². The average molecular weight is 532 g/mol. The molecule has 34 heavy (non-hydrogen) atoms. The number of non-ortho nitro benzene ring substituents is 1. The summed E-state index contributed by atoms with van der Waals surface area (Å²) in [6.45, 7) is 3.58. The summed E-state index contributed by atoms with van der Waals surface area (Å²) in [4.78, 5) is 23.8. The summed E-state index contributed by atoms with van der Waals surface area (Å²) in [5, 5.41) is 11.9. The summed E-state index contributed by atoms with van der Waals surface area (Å²) in [5.74, 6) is -0.211. The van der Waals surface area contributed by atoms with Crippen LogP contribution in [0.4, 0.5) is 5.69 Å². The lowest BCUT2D eigenvalue weighted by molar-refractivity contribution is -0.385. The highest BCUT2D eigenvalue weighted by atomic mass is 35.5. The smallest absolute Gasteiger partial charge is 0.307 e. The molecule has 13 heteroatoms. The highest BCUT2D eigenvalue weighted by Gasteiger charge is 2.32. The van der Waals surface area contributed by atoms with Crippen molar-refractivity contribution in [2.24, 2.45) is 0 Å². The number of nitro benzene ring substituents is 1. The minimum Gasteiger partial charge on any atom is -0.466 e. The molecule has 1 heterocycles. The molecule has 1 saturated heterocycles. The van der Waals surface area contributed by atoms with E-state index in [1.54, 1.807) is 6.92 Å². The van der Waals surface area contributed by atoms with Gasteiger partial charge in [0, 0.05) is 54.9 Å². The van der Waals surface area contributed by atoms with E-state index in [2.05, 4.69) is 0 Å². The first-order valence-corrected chi connectivity index (χ1v) is 12.6. The Hall–Kier alpha value is -2.44. The molecule has 0 radical (unpaired) electrons. The zero-order valence-corrected chi connectivity index (χ0v) is 20.6. The Labute approximate surface area is 207 Å². The standard InChI is InChI=1S/C21H23Cl2N3O7S/c1-2-32-21(27)5-6-24-7-9-25(10-8-24)34(30,31)20-14-17(26(28)29)3-4-19(20)33-18-12-15(22)11-16(23)13-18/h3-4,11-14H,2,5-10H2,1H3. The number of hydrogen-bond donors (Lipinski definition) is 0. The van der Waals surface area contributed by atoms with Gasteiger partial charge in [0.05, 0.1) is 18.0 Å². The van der Waals surface area contributed by atoms with Crippen LogP contribution < -0.4 is 4.74 Å². The van der Waals surface area contributed by atoms with Crippen LogP contribution in [0.25, 0.3) is 0 Å². The molecule has 1 aliphatic rings. The van der Waals surface area contributed by atoms with Crippen LogP contribution in [-0.4, -0.2) is 67.8 Å². The molecule has 3 rings (SSSR count). The Morgan fingerprint density at radius 2 is 1.74 bits per heavy atom. The third-order valence-corrected chi connectivity index (χ3v) is 7.44. The van der Waals surface area contributed by atoms with E-state index < -0.39 is 14.9 Å². The molecule has 0 bridgehead atoms. The molecular weight excluding hydrogens is 509 g/mol. The highest BCUT2D eigenvalue weighted by molar-refractivity contribution is 7.89. The van der Waals surface area contributed by atoms with Crippen molar-refractivity contribution in [2.75, 3.05) is 39.3 Å². The number of nitrogens with zero attached hydrogens (tertiary/aromatic N) is 3. The molecule has 0 aromatic heterocycles. The van der Waals surface area contributed by atoms with E-state index in [9.17, 15) is 23.3 Å². The zero-order chi connectivity index (χ0) is 24.9. The molecule has 2 aromatic carbocycles. The van der Waals surface area contributed by atoms with Gasteiger partial charge in [-0.25, -0.2) is 8.42 Å². The Balaban J connectivity index is 1.82. The molecule has 1 aliphatic heterocycles. The SMILES string of the molecule is CCOC(=O)CCN1CCN(S(=O)(=O)c2cc([N+](=O)[O-])ccc2Oc2cc(Cl)cc(Cl)c2)CC1. The Bertz CT molecular complexity index is 1150. The summed E-state index contributed by atoms with van der Waals surface area (Å²) < 4.78 is 38.8. The van der Waals surface area contributed by atoms with E-state index in [1.807, 2.05) is 4.90 Å². The molecule has 1 fully saturated rings. The predicted molar refractivity (Wildman–Crippen MR) is 126 cm³/mol. The fourth-order valence-corrected chi connectivity index (χ4v) is 5.49. The normalized spacial score (nSPS) is 15.1. The largest absolute Gasteiger partial charge is 0.466 e. The first-order valence-electron chi connectivity index (χ1n) is 10.4. The van der Waals surface area contributed by atoms with E-state index in [-0.39, 0.29) is 57.6 Å². The fraction of sp³-hybridized carbons (Fsp3) is 0.381. The Kier molecular flexibility index (Phi) is 8.72. The number of rotatable bonds is 9. The lowest BCUT2D eigenvalue weighted by Gasteiger charge is -2.34. The minimum atomic E-state index is -4.13. The number of hydrogen-bond acceptors (Lipinski definition) is 8. The number of carbonyl (C=O) groups excluding carboxylic acids is 1. The van der Waals surface area contributed by atoms with Crippen molar-refractivity contribution in [1.82, 2.24) is 9.21 Å². The summed E-state index contributed by atoms with van der Waals surface area (Å²) >= 11 is 12.0. The molecule has 0 amide bonds. The molecular formula is C21H23Cl2N3O7S. The zero-order valence-electron chi connectivity index (χ0n) is 18.3. The first-order chi connectivity index (χ1) is 16.1. The average Bonchev–Trinajstić information content (AvgIpc) is 2.77. The topological polar surface area (TPSA) is 119 Å². The van der Waals surface area contributed by atoms with Gasteiger partial charge in [0.2, 0.25) is 10.0 Å². The number of nitro groups is 1. The van der Waals surface area contributed by atoms with E-state index in [4.69, 9.17) is 32.7 Å². The van der Waals surface area contributed by atoms with Gasteiger partial charge in [0.15, 0.2) is 0 Å². The number of halogens is 2. The quantitative estimate of drug-likeness (QED) is 0.271. The summed E-state index contributed by atoms with van der Waals surface area (Å²) in [5.41, 5.74) is -0.386. The van der Waals surface area contributed by atoms with Gasteiger partial charge in [-0.1, -0.05) is 23.2 Å².